The minimum Gasteiger partial charge on any atom is -0.497 e. The molecule has 0 aliphatic carbocycles. The number of hydrogen-bond acceptors (Lipinski definition) is 4. The van der Waals surface area contributed by atoms with Crippen LogP contribution in [0.15, 0.2) is 24.3 Å². The first kappa shape index (κ1) is 14.3. The average Bonchev–Trinajstić information content (AvgIpc) is 2.45. The first-order valence-electron chi connectivity index (χ1n) is 6.82. The molecular formula is C15H24N2O2. The number of nitrogens with zero attached hydrogens (tertiary/aromatic N) is 1. The molecule has 1 aliphatic rings. The SMILES string of the molecule is COc1cccc(C(CC2COCCN2)N(C)C)c1. The maximum absolute atomic E-state index is 5.54. The molecule has 0 spiro atoms. The monoisotopic (exact) mass is 264 g/mol. The van der Waals surface area contributed by atoms with Gasteiger partial charge in [0.2, 0.25) is 0 Å². The molecule has 2 rings (SSSR count). The van der Waals surface area contributed by atoms with Crippen LogP contribution >= 0.6 is 0 Å². The van der Waals surface area contributed by atoms with Gasteiger partial charge in [-0.15, -0.1) is 0 Å². The lowest BCUT2D eigenvalue weighted by Crippen LogP contribution is -2.43. The van der Waals surface area contributed by atoms with Crippen LogP contribution in [0.5, 0.6) is 5.75 Å². The minimum atomic E-state index is 0.370. The van der Waals surface area contributed by atoms with E-state index in [4.69, 9.17) is 9.47 Å². The Hall–Kier alpha value is -1.10. The van der Waals surface area contributed by atoms with Crippen LogP contribution < -0.4 is 10.1 Å². The van der Waals surface area contributed by atoms with Crippen LogP contribution in [0.4, 0.5) is 0 Å². The topological polar surface area (TPSA) is 33.7 Å². The third-order valence-corrected chi connectivity index (χ3v) is 3.61. The number of hydrogen-bond donors (Lipinski definition) is 1. The second kappa shape index (κ2) is 6.89. The second-order valence-corrected chi connectivity index (χ2v) is 5.22. The van der Waals surface area contributed by atoms with E-state index in [-0.39, 0.29) is 0 Å². The van der Waals surface area contributed by atoms with Crippen molar-refractivity contribution < 1.29 is 9.47 Å². The fraction of sp³-hybridized carbons (Fsp3) is 0.600. The molecule has 1 fully saturated rings. The van der Waals surface area contributed by atoms with E-state index in [0.29, 0.717) is 12.1 Å². The van der Waals surface area contributed by atoms with Crippen molar-refractivity contribution in [1.82, 2.24) is 10.2 Å². The van der Waals surface area contributed by atoms with E-state index in [1.54, 1.807) is 7.11 Å². The molecule has 1 saturated heterocycles. The maximum Gasteiger partial charge on any atom is 0.119 e. The molecule has 2 unspecified atom stereocenters. The van der Waals surface area contributed by atoms with Crippen molar-refractivity contribution in [2.45, 2.75) is 18.5 Å². The van der Waals surface area contributed by atoms with Crippen molar-refractivity contribution in [2.24, 2.45) is 0 Å². The van der Waals surface area contributed by atoms with Crippen LogP contribution in [0.1, 0.15) is 18.0 Å². The lowest BCUT2D eigenvalue weighted by atomic mass is 9.98. The molecule has 0 saturated carbocycles. The van der Waals surface area contributed by atoms with Gasteiger partial charge < -0.3 is 19.7 Å². The van der Waals surface area contributed by atoms with E-state index in [0.717, 1.165) is 31.9 Å². The van der Waals surface area contributed by atoms with Gasteiger partial charge in [-0.1, -0.05) is 12.1 Å². The number of rotatable bonds is 5. The van der Waals surface area contributed by atoms with Crippen LogP contribution in [0.3, 0.4) is 0 Å². The predicted molar refractivity (Wildman–Crippen MR) is 76.6 cm³/mol. The molecule has 0 aromatic heterocycles. The van der Waals surface area contributed by atoms with Crippen LogP contribution in [0.25, 0.3) is 0 Å². The number of morpholine rings is 1. The second-order valence-electron chi connectivity index (χ2n) is 5.22. The van der Waals surface area contributed by atoms with E-state index in [2.05, 4.69) is 42.5 Å². The Balaban J connectivity index is 2.09. The van der Waals surface area contributed by atoms with Crippen LogP contribution in [-0.4, -0.2) is 51.9 Å². The van der Waals surface area contributed by atoms with Crippen molar-refractivity contribution in [3.8, 4) is 5.75 Å². The number of methoxy groups -OCH3 is 1. The Morgan fingerprint density at radius 1 is 1.47 bits per heavy atom. The highest BCUT2D eigenvalue weighted by Crippen LogP contribution is 2.27. The summed E-state index contributed by atoms with van der Waals surface area (Å²) in [6, 6.07) is 9.11. The zero-order valence-corrected chi connectivity index (χ0v) is 12.1. The van der Waals surface area contributed by atoms with Gasteiger partial charge in [0.15, 0.2) is 0 Å². The normalized spacial score (nSPS) is 21.4. The third kappa shape index (κ3) is 3.93. The molecule has 106 valence electrons. The average molecular weight is 264 g/mol. The third-order valence-electron chi connectivity index (χ3n) is 3.61. The van der Waals surface area contributed by atoms with Crippen molar-refractivity contribution in [2.75, 3.05) is 41.0 Å². The molecule has 1 N–H and O–H groups in total. The zero-order valence-electron chi connectivity index (χ0n) is 12.1. The van der Waals surface area contributed by atoms with Crippen molar-refractivity contribution >= 4 is 0 Å². The molecule has 4 nitrogen and oxygen atoms in total. The van der Waals surface area contributed by atoms with E-state index < -0.39 is 0 Å². The number of nitrogens with one attached hydrogen (secondary N) is 1. The van der Waals surface area contributed by atoms with E-state index in [1.807, 2.05) is 6.07 Å². The summed E-state index contributed by atoms with van der Waals surface area (Å²) in [6.45, 7) is 2.57. The van der Waals surface area contributed by atoms with Gasteiger partial charge in [0.1, 0.15) is 5.75 Å². The molecule has 1 aromatic rings. The van der Waals surface area contributed by atoms with Crippen molar-refractivity contribution in [3.63, 3.8) is 0 Å². The van der Waals surface area contributed by atoms with E-state index in [1.165, 1.54) is 5.56 Å². The molecule has 19 heavy (non-hydrogen) atoms. The van der Waals surface area contributed by atoms with Crippen LogP contribution in [0, 0.1) is 0 Å². The minimum absolute atomic E-state index is 0.370. The van der Waals surface area contributed by atoms with Crippen LogP contribution in [-0.2, 0) is 4.74 Å². The highest BCUT2D eigenvalue weighted by Gasteiger charge is 2.22. The van der Waals surface area contributed by atoms with E-state index in [9.17, 15) is 0 Å². The van der Waals surface area contributed by atoms with Gasteiger partial charge in [0.25, 0.3) is 0 Å². The molecular weight excluding hydrogens is 240 g/mol. The van der Waals surface area contributed by atoms with Gasteiger partial charge in [-0.25, -0.2) is 0 Å². The highest BCUT2D eigenvalue weighted by atomic mass is 16.5. The molecule has 2 atom stereocenters. The molecule has 1 heterocycles. The van der Waals surface area contributed by atoms with Gasteiger partial charge in [-0.05, 0) is 38.2 Å². The Bertz CT molecular complexity index is 389. The predicted octanol–water partition coefficient (Wildman–Crippen LogP) is 1.68. The fourth-order valence-corrected chi connectivity index (χ4v) is 2.53. The summed E-state index contributed by atoms with van der Waals surface area (Å²) in [6.07, 6.45) is 1.04. The molecule has 0 bridgehead atoms. The Kier molecular flexibility index (Phi) is 5.19. The largest absolute Gasteiger partial charge is 0.497 e. The molecule has 1 aromatic carbocycles. The van der Waals surface area contributed by atoms with Gasteiger partial charge in [0, 0.05) is 18.6 Å². The fourth-order valence-electron chi connectivity index (χ4n) is 2.53. The smallest absolute Gasteiger partial charge is 0.119 e. The van der Waals surface area contributed by atoms with Gasteiger partial charge in [0.05, 0.1) is 20.3 Å². The number of ether oxygens (including phenoxy) is 2. The molecule has 1 aliphatic heterocycles. The Morgan fingerprint density at radius 3 is 2.95 bits per heavy atom. The van der Waals surface area contributed by atoms with Gasteiger partial charge in [-0.3, -0.25) is 0 Å². The van der Waals surface area contributed by atoms with E-state index >= 15 is 0 Å². The summed E-state index contributed by atoms with van der Waals surface area (Å²) in [5, 5.41) is 3.52. The molecule has 4 heteroatoms. The standard InChI is InChI=1S/C15H24N2O2/c1-17(2)15(10-13-11-19-8-7-16-13)12-5-4-6-14(9-12)18-3/h4-6,9,13,15-16H,7-8,10-11H2,1-3H3. The Labute approximate surface area is 115 Å². The van der Waals surface area contributed by atoms with Crippen molar-refractivity contribution in [3.05, 3.63) is 29.8 Å². The summed E-state index contributed by atoms with van der Waals surface area (Å²) < 4.78 is 10.9. The summed E-state index contributed by atoms with van der Waals surface area (Å²) in [4.78, 5) is 2.26. The van der Waals surface area contributed by atoms with Gasteiger partial charge in [-0.2, -0.15) is 0 Å². The van der Waals surface area contributed by atoms with Crippen molar-refractivity contribution in [1.29, 1.82) is 0 Å². The summed E-state index contributed by atoms with van der Waals surface area (Å²) >= 11 is 0. The molecule has 0 amide bonds. The number of benzene rings is 1. The lowest BCUT2D eigenvalue weighted by molar-refractivity contribution is 0.0648. The first-order chi connectivity index (χ1) is 9.20. The summed E-state index contributed by atoms with van der Waals surface area (Å²) in [5.41, 5.74) is 1.29. The highest BCUT2D eigenvalue weighted by molar-refractivity contribution is 5.30. The van der Waals surface area contributed by atoms with Crippen LogP contribution in [0.2, 0.25) is 0 Å². The quantitative estimate of drug-likeness (QED) is 0.877. The Morgan fingerprint density at radius 2 is 2.32 bits per heavy atom. The van der Waals surface area contributed by atoms with Gasteiger partial charge >= 0.3 is 0 Å². The zero-order chi connectivity index (χ0) is 13.7. The molecule has 0 radical (unpaired) electrons. The maximum atomic E-state index is 5.54. The summed E-state index contributed by atoms with van der Waals surface area (Å²) in [5.74, 6) is 0.914. The first-order valence-corrected chi connectivity index (χ1v) is 6.82. The lowest BCUT2D eigenvalue weighted by Gasteiger charge is -2.31. The summed E-state index contributed by atoms with van der Waals surface area (Å²) in [7, 11) is 5.95.